The standard InChI is InChI=1S/C14H21ClN2O2/c1-4-12(14(18)16-9-10-17(2)3)19-13-8-6-5-7-11(13)15/h5-8,12H,4,9-10H2,1-3H3,(H,16,18)/t12-/m0/s1. The zero-order valence-corrected chi connectivity index (χ0v) is 12.4. The first-order chi connectivity index (χ1) is 9.04. The smallest absolute Gasteiger partial charge is 0.261 e. The molecule has 1 atom stereocenters. The average Bonchev–Trinajstić information content (AvgIpc) is 2.37. The van der Waals surface area contributed by atoms with Crippen LogP contribution in [0.3, 0.4) is 0 Å². The molecule has 1 aromatic carbocycles. The Morgan fingerprint density at radius 2 is 2.11 bits per heavy atom. The van der Waals surface area contributed by atoms with Crippen molar-refractivity contribution in [2.24, 2.45) is 0 Å². The highest BCUT2D eigenvalue weighted by Crippen LogP contribution is 2.24. The van der Waals surface area contributed by atoms with Gasteiger partial charge in [0.25, 0.3) is 5.91 Å². The average molecular weight is 285 g/mol. The SMILES string of the molecule is CC[C@H](Oc1ccccc1Cl)C(=O)NCCN(C)C. The van der Waals surface area contributed by atoms with Crippen molar-refractivity contribution in [1.29, 1.82) is 0 Å². The van der Waals surface area contributed by atoms with Crippen LogP contribution < -0.4 is 10.1 Å². The van der Waals surface area contributed by atoms with Crippen LogP contribution in [-0.4, -0.2) is 44.1 Å². The van der Waals surface area contributed by atoms with Crippen molar-refractivity contribution in [1.82, 2.24) is 10.2 Å². The summed E-state index contributed by atoms with van der Waals surface area (Å²) in [5, 5.41) is 3.37. The van der Waals surface area contributed by atoms with Gasteiger partial charge in [-0.15, -0.1) is 0 Å². The molecule has 0 fully saturated rings. The molecule has 1 amide bonds. The molecule has 0 aliphatic heterocycles. The molecule has 19 heavy (non-hydrogen) atoms. The van der Waals surface area contributed by atoms with Gasteiger partial charge in [0.15, 0.2) is 6.10 Å². The highest BCUT2D eigenvalue weighted by molar-refractivity contribution is 6.32. The maximum absolute atomic E-state index is 12.0. The number of amides is 1. The lowest BCUT2D eigenvalue weighted by Crippen LogP contribution is -2.40. The topological polar surface area (TPSA) is 41.6 Å². The van der Waals surface area contributed by atoms with Gasteiger partial charge in [-0.3, -0.25) is 4.79 Å². The summed E-state index contributed by atoms with van der Waals surface area (Å²) in [7, 11) is 3.92. The Bertz CT molecular complexity index is 410. The number of nitrogens with one attached hydrogen (secondary N) is 1. The minimum atomic E-state index is -0.512. The van der Waals surface area contributed by atoms with E-state index in [2.05, 4.69) is 5.32 Å². The number of rotatable bonds is 7. The number of benzene rings is 1. The Morgan fingerprint density at radius 1 is 1.42 bits per heavy atom. The maximum Gasteiger partial charge on any atom is 0.261 e. The summed E-state index contributed by atoms with van der Waals surface area (Å²) in [6, 6.07) is 7.16. The fourth-order valence-electron chi connectivity index (χ4n) is 1.53. The van der Waals surface area contributed by atoms with E-state index >= 15 is 0 Å². The van der Waals surface area contributed by atoms with E-state index in [0.717, 1.165) is 6.54 Å². The zero-order chi connectivity index (χ0) is 14.3. The Balaban J connectivity index is 2.53. The van der Waals surface area contributed by atoms with Crippen molar-refractivity contribution in [3.8, 4) is 5.75 Å². The number of nitrogens with zero attached hydrogens (tertiary/aromatic N) is 1. The Kier molecular flexibility index (Phi) is 6.67. The molecule has 0 unspecified atom stereocenters. The summed E-state index contributed by atoms with van der Waals surface area (Å²) in [6.45, 7) is 3.31. The van der Waals surface area contributed by atoms with Crippen molar-refractivity contribution < 1.29 is 9.53 Å². The second kappa shape index (κ2) is 8.02. The van der Waals surface area contributed by atoms with Gasteiger partial charge in [0.1, 0.15) is 5.75 Å². The number of carbonyl (C=O) groups is 1. The van der Waals surface area contributed by atoms with Crippen LogP contribution in [0.25, 0.3) is 0 Å². The predicted molar refractivity (Wildman–Crippen MR) is 77.7 cm³/mol. The van der Waals surface area contributed by atoms with E-state index in [1.54, 1.807) is 12.1 Å². The van der Waals surface area contributed by atoms with Gasteiger partial charge in [-0.2, -0.15) is 0 Å². The molecule has 0 aliphatic carbocycles. The van der Waals surface area contributed by atoms with Crippen LogP contribution in [0.5, 0.6) is 5.75 Å². The van der Waals surface area contributed by atoms with Gasteiger partial charge in [-0.05, 0) is 32.6 Å². The molecule has 0 spiro atoms. The molecule has 0 saturated heterocycles. The number of carbonyl (C=O) groups excluding carboxylic acids is 1. The van der Waals surface area contributed by atoms with Gasteiger partial charge < -0.3 is 15.0 Å². The monoisotopic (exact) mass is 284 g/mol. The molecule has 0 bridgehead atoms. The Morgan fingerprint density at radius 3 is 2.68 bits per heavy atom. The fraction of sp³-hybridized carbons (Fsp3) is 0.500. The number of hydrogen-bond donors (Lipinski definition) is 1. The first-order valence-electron chi connectivity index (χ1n) is 6.38. The molecular weight excluding hydrogens is 264 g/mol. The van der Waals surface area contributed by atoms with Crippen LogP contribution in [0.4, 0.5) is 0 Å². The summed E-state index contributed by atoms with van der Waals surface area (Å²) in [5.74, 6) is 0.433. The number of ether oxygens (including phenoxy) is 1. The third-order valence-electron chi connectivity index (χ3n) is 2.63. The van der Waals surface area contributed by atoms with Gasteiger partial charge >= 0.3 is 0 Å². The van der Waals surface area contributed by atoms with Gasteiger partial charge in [0, 0.05) is 13.1 Å². The molecule has 1 aromatic rings. The summed E-state index contributed by atoms with van der Waals surface area (Å²) in [6.07, 6.45) is 0.0843. The molecule has 1 rings (SSSR count). The number of likely N-dealkylation sites (N-methyl/N-ethyl adjacent to an activating group) is 1. The molecular formula is C14H21ClN2O2. The van der Waals surface area contributed by atoms with E-state index < -0.39 is 6.10 Å². The summed E-state index contributed by atoms with van der Waals surface area (Å²) in [5.41, 5.74) is 0. The normalized spacial score (nSPS) is 12.3. The highest BCUT2D eigenvalue weighted by atomic mass is 35.5. The predicted octanol–water partition coefficient (Wildman–Crippen LogP) is 2.18. The van der Waals surface area contributed by atoms with Gasteiger partial charge in [-0.25, -0.2) is 0 Å². The van der Waals surface area contributed by atoms with Crippen LogP contribution in [0.2, 0.25) is 5.02 Å². The van der Waals surface area contributed by atoms with E-state index in [1.165, 1.54) is 0 Å². The van der Waals surface area contributed by atoms with Gasteiger partial charge in [-0.1, -0.05) is 30.7 Å². The first kappa shape index (κ1) is 15.8. The van der Waals surface area contributed by atoms with Crippen LogP contribution >= 0.6 is 11.6 Å². The molecule has 1 N–H and O–H groups in total. The third-order valence-corrected chi connectivity index (χ3v) is 2.94. The second-order valence-corrected chi connectivity index (χ2v) is 4.95. The van der Waals surface area contributed by atoms with Crippen molar-refractivity contribution in [2.45, 2.75) is 19.4 Å². The lowest BCUT2D eigenvalue weighted by molar-refractivity contribution is -0.128. The molecule has 4 nitrogen and oxygen atoms in total. The number of halogens is 1. The largest absolute Gasteiger partial charge is 0.479 e. The van der Waals surface area contributed by atoms with Crippen LogP contribution in [0.1, 0.15) is 13.3 Å². The zero-order valence-electron chi connectivity index (χ0n) is 11.6. The Hall–Kier alpha value is -1.26. The van der Waals surface area contributed by atoms with Gasteiger partial charge in [0.2, 0.25) is 0 Å². The molecule has 0 saturated carbocycles. The summed E-state index contributed by atoms with van der Waals surface area (Å²) in [4.78, 5) is 14.0. The molecule has 106 valence electrons. The van der Waals surface area contributed by atoms with E-state index in [0.29, 0.717) is 23.7 Å². The third kappa shape index (κ3) is 5.49. The molecule has 0 heterocycles. The van der Waals surface area contributed by atoms with Crippen LogP contribution in [0.15, 0.2) is 24.3 Å². The lowest BCUT2D eigenvalue weighted by atomic mass is 10.2. The minimum absolute atomic E-state index is 0.107. The van der Waals surface area contributed by atoms with E-state index in [-0.39, 0.29) is 5.91 Å². The lowest BCUT2D eigenvalue weighted by Gasteiger charge is -2.18. The molecule has 0 radical (unpaired) electrons. The summed E-state index contributed by atoms with van der Waals surface area (Å²) < 4.78 is 5.66. The minimum Gasteiger partial charge on any atom is -0.479 e. The summed E-state index contributed by atoms with van der Waals surface area (Å²) >= 11 is 6.01. The van der Waals surface area contributed by atoms with Crippen LogP contribution in [-0.2, 0) is 4.79 Å². The van der Waals surface area contributed by atoms with Crippen molar-refractivity contribution in [3.63, 3.8) is 0 Å². The number of hydrogen-bond acceptors (Lipinski definition) is 3. The van der Waals surface area contributed by atoms with Gasteiger partial charge in [0.05, 0.1) is 5.02 Å². The van der Waals surface area contributed by atoms with E-state index in [1.807, 2.05) is 38.1 Å². The fourth-order valence-corrected chi connectivity index (χ4v) is 1.71. The quantitative estimate of drug-likeness (QED) is 0.834. The second-order valence-electron chi connectivity index (χ2n) is 4.54. The first-order valence-corrected chi connectivity index (χ1v) is 6.76. The van der Waals surface area contributed by atoms with Crippen LogP contribution in [0, 0.1) is 0 Å². The maximum atomic E-state index is 12.0. The van der Waals surface area contributed by atoms with Crippen molar-refractivity contribution in [3.05, 3.63) is 29.3 Å². The molecule has 5 heteroatoms. The number of para-hydroxylation sites is 1. The highest BCUT2D eigenvalue weighted by Gasteiger charge is 2.18. The van der Waals surface area contributed by atoms with E-state index in [9.17, 15) is 4.79 Å². The van der Waals surface area contributed by atoms with Crippen molar-refractivity contribution >= 4 is 17.5 Å². The molecule has 0 aromatic heterocycles. The van der Waals surface area contributed by atoms with Crippen molar-refractivity contribution in [2.75, 3.05) is 27.2 Å². The molecule has 0 aliphatic rings. The Labute approximate surface area is 119 Å². The van der Waals surface area contributed by atoms with E-state index in [4.69, 9.17) is 16.3 Å².